The van der Waals surface area contributed by atoms with E-state index in [0.29, 0.717) is 0 Å². The fourth-order valence-electron chi connectivity index (χ4n) is 2.44. The molecule has 9 heteroatoms. The number of nitrogens with one attached hydrogen (secondary N) is 1. The van der Waals surface area contributed by atoms with Crippen LogP contribution in [0.5, 0.6) is 5.75 Å². The molecule has 1 heterocycles. The van der Waals surface area contributed by atoms with Crippen LogP contribution in [0.4, 0.5) is 23.2 Å². The molecule has 3 aromatic rings. The maximum Gasteiger partial charge on any atom is 0.387 e. The van der Waals surface area contributed by atoms with Crippen molar-refractivity contribution < 1.29 is 31.5 Å². The largest absolute Gasteiger partial charge is 0.441 e. The van der Waals surface area contributed by atoms with Gasteiger partial charge in [0.15, 0.2) is 11.7 Å². The number of para-hydroxylation sites is 2. The summed E-state index contributed by atoms with van der Waals surface area (Å²) in [7, 11) is 0. The van der Waals surface area contributed by atoms with Crippen LogP contribution >= 0.6 is 0 Å². The Morgan fingerprint density at radius 3 is 2.71 bits per heavy atom. The molecule has 0 unspecified atom stereocenters. The molecule has 0 saturated carbocycles. The molecule has 0 spiro atoms. The highest BCUT2D eigenvalue weighted by Crippen LogP contribution is 2.26. The van der Waals surface area contributed by atoms with Crippen LogP contribution in [0.15, 0.2) is 53.1 Å². The third kappa shape index (κ3) is 4.87. The van der Waals surface area contributed by atoms with Gasteiger partial charge in [-0.15, -0.1) is 0 Å². The van der Waals surface area contributed by atoms with E-state index in [1.165, 1.54) is 30.5 Å². The van der Waals surface area contributed by atoms with E-state index in [2.05, 4.69) is 15.0 Å². The van der Waals surface area contributed by atoms with Gasteiger partial charge in [0.05, 0.1) is 17.4 Å². The molecule has 2 aromatic carbocycles. The number of ether oxygens (including phenoxy) is 1. The summed E-state index contributed by atoms with van der Waals surface area (Å²) in [6, 6.07) is 8.83. The molecular formula is C19H14F4N2O3. The summed E-state index contributed by atoms with van der Waals surface area (Å²) in [5.41, 5.74) is 0.150. The number of nitrogens with zero attached hydrogens (tertiary/aromatic N) is 1. The molecule has 0 saturated heterocycles. The van der Waals surface area contributed by atoms with E-state index < -0.39 is 24.2 Å². The normalized spacial score (nSPS) is 10.9. The molecule has 3 rings (SSSR count). The second kappa shape index (κ2) is 8.55. The van der Waals surface area contributed by atoms with Gasteiger partial charge in [-0.1, -0.05) is 12.1 Å². The number of rotatable bonds is 7. The summed E-state index contributed by atoms with van der Waals surface area (Å²) >= 11 is 0. The Balaban J connectivity index is 1.61. The lowest BCUT2D eigenvalue weighted by molar-refractivity contribution is -0.116. The molecule has 0 atom stereocenters. The van der Waals surface area contributed by atoms with Gasteiger partial charge in [0, 0.05) is 18.9 Å². The summed E-state index contributed by atoms with van der Waals surface area (Å²) in [6.07, 6.45) is 1.30. The fourth-order valence-corrected chi connectivity index (χ4v) is 2.44. The summed E-state index contributed by atoms with van der Waals surface area (Å²) < 4.78 is 61.3. The van der Waals surface area contributed by atoms with Crippen LogP contribution in [-0.4, -0.2) is 17.5 Å². The number of halogens is 4. The average Bonchev–Trinajstić information content (AvgIpc) is 3.10. The van der Waals surface area contributed by atoms with Gasteiger partial charge in [-0.3, -0.25) is 4.79 Å². The predicted molar refractivity (Wildman–Crippen MR) is 91.9 cm³/mol. The topological polar surface area (TPSA) is 64.4 Å². The number of amides is 1. The molecule has 28 heavy (non-hydrogen) atoms. The van der Waals surface area contributed by atoms with Crippen LogP contribution in [-0.2, 0) is 11.2 Å². The number of anilines is 1. The van der Waals surface area contributed by atoms with Crippen LogP contribution in [0.25, 0.3) is 11.3 Å². The Labute approximate surface area is 157 Å². The molecule has 0 aliphatic carbocycles. The van der Waals surface area contributed by atoms with E-state index in [-0.39, 0.29) is 41.5 Å². The number of aromatic nitrogens is 1. The van der Waals surface area contributed by atoms with Crippen molar-refractivity contribution >= 4 is 11.6 Å². The van der Waals surface area contributed by atoms with Crippen LogP contribution < -0.4 is 10.1 Å². The van der Waals surface area contributed by atoms with E-state index in [1.807, 2.05) is 0 Å². The van der Waals surface area contributed by atoms with E-state index >= 15 is 0 Å². The van der Waals surface area contributed by atoms with Gasteiger partial charge >= 0.3 is 6.61 Å². The predicted octanol–water partition coefficient (Wildman–Crippen LogP) is 4.79. The van der Waals surface area contributed by atoms with E-state index in [9.17, 15) is 22.4 Å². The summed E-state index contributed by atoms with van der Waals surface area (Å²) in [5.74, 6) is -1.87. The number of carbonyl (C=O) groups is 1. The maximum absolute atomic E-state index is 13.8. The first-order chi connectivity index (χ1) is 13.4. The fraction of sp³-hybridized carbons (Fsp3) is 0.158. The second-order valence-electron chi connectivity index (χ2n) is 5.67. The molecule has 0 aliphatic heterocycles. The minimum Gasteiger partial charge on any atom is -0.441 e. The van der Waals surface area contributed by atoms with Crippen LogP contribution in [0.3, 0.4) is 0 Å². The Bertz CT molecular complexity index is 975. The highest BCUT2D eigenvalue weighted by atomic mass is 19.3. The summed E-state index contributed by atoms with van der Waals surface area (Å²) in [5, 5.41) is 2.47. The van der Waals surface area contributed by atoms with E-state index in [1.54, 1.807) is 6.07 Å². The van der Waals surface area contributed by atoms with Gasteiger partial charge in [0.1, 0.15) is 17.4 Å². The molecule has 0 fully saturated rings. The van der Waals surface area contributed by atoms with Crippen LogP contribution in [0.1, 0.15) is 12.3 Å². The van der Waals surface area contributed by atoms with Crippen molar-refractivity contribution in [2.24, 2.45) is 0 Å². The highest BCUT2D eigenvalue weighted by molar-refractivity contribution is 5.92. The van der Waals surface area contributed by atoms with Crippen molar-refractivity contribution in [1.82, 2.24) is 4.98 Å². The molecule has 0 bridgehead atoms. The SMILES string of the molecule is O=C(CCc1ncc(-c2ccc(F)cc2F)o1)Nc1ccccc1OC(F)F. The Hall–Kier alpha value is -3.36. The molecule has 1 N–H and O–H groups in total. The lowest BCUT2D eigenvalue weighted by Crippen LogP contribution is -2.14. The number of aryl methyl sites for hydroxylation is 1. The molecular weight excluding hydrogens is 380 g/mol. The zero-order valence-electron chi connectivity index (χ0n) is 14.3. The van der Waals surface area contributed by atoms with Crippen molar-refractivity contribution in [3.05, 3.63) is 66.2 Å². The molecule has 146 valence electrons. The number of oxazole rings is 1. The summed E-state index contributed by atoms with van der Waals surface area (Å²) in [4.78, 5) is 16.0. The molecule has 5 nitrogen and oxygen atoms in total. The zero-order valence-corrected chi connectivity index (χ0v) is 14.3. The number of alkyl halides is 2. The first-order valence-electron chi connectivity index (χ1n) is 8.16. The Morgan fingerprint density at radius 1 is 1.18 bits per heavy atom. The second-order valence-corrected chi connectivity index (χ2v) is 5.67. The molecule has 1 aromatic heterocycles. The molecule has 0 radical (unpaired) electrons. The first-order valence-corrected chi connectivity index (χ1v) is 8.16. The van der Waals surface area contributed by atoms with Crippen molar-refractivity contribution in [1.29, 1.82) is 0 Å². The van der Waals surface area contributed by atoms with Gasteiger partial charge in [-0.25, -0.2) is 13.8 Å². The third-order valence-corrected chi connectivity index (χ3v) is 3.69. The van der Waals surface area contributed by atoms with Crippen molar-refractivity contribution in [3.63, 3.8) is 0 Å². The molecule has 1 amide bonds. The van der Waals surface area contributed by atoms with Crippen LogP contribution in [0, 0.1) is 11.6 Å². The van der Waals surface area contributed by atoms with Crippen molar-refractivity contribution in [2.75, 3.05) is 5.32 Å². The third-order valence-electron chi connectivity index (χ3n) is 3.69. The maximum atomic E-state index is 13.8. The number of carbonyl (C=O) groups excluding carboxylic acids is 1. The van der Waals surface area contributed by atoms with Gasteiger partial charge in [-0.05, 0) is 24.3 Å². The van der Waals surface area contributed by atoms with E-state index in [4.69, 9.17) is 4.42 Å². The van der Waals surface area contributed by atoms with Gasteiger partial charge in [-0.2, -0.15) is 8.78 Å². The Morgan fingerprint density at radius 2 is 1.96 bits per heavy atom. The van der Waals surface area contributed by atoms with Gasteiger partial charge < -0.3 is 14.5 Å². The average molecular weight is 394 g/mol. The number of hydrogen-bond acceptors (Lipinski definition) is 4. The van der Waals surface area contributed by atoms with Gasteiger partial charge in [0.2, 0.25) is 5.91 Å². The van der Waals surface area contributed by atoms with Crippen molar-refractivity contribution in [3.8, 4) is 17.1 Å². The standard InChI is InChI=1S/C19H14F4N2O3/c20-11-5-6-12(13(21)9-11)16-10-24-18(27-16)8-7-17(26)25-14-3-1-2-4-15(14)28-19(22)23/h1-6,9-10,19H,7-8H2,(H,25,26). The zero-order chi connectivity index (χ0) is 20.1. The Kier molecular flexibility index (Phi) is 5.93. The number of hydrogen-bond donors (Lipinski definition) is 1. The van der Waals surface area contributed by atoms with Crippen LogP contribution in [0.2, 0.25) is 0 Å². The minimum absolute atomic E-state index is 0.0441. The molecule has 0 aliphatic rings. The smallest absolute Gasteiger partial charge is 0.387 e. The lowest BCUT2D eigenvalue weighted by Gasteiger charge is -2.11. The monoisotopic (exact) mass is 394 g/mol. The number of benzene rings is 2. The van der Waals surface area contributed by atoms with Crippen molar-refractivity contribution in [2.45, 2.75) is 19.5 Å². The first kappa shape index (κ1) is 19.4. The summed E-state index contributed by atoms with van der Waals surface area (Å²) in [6.45, 7) is -3.02. The van der Waals surface area contributed by atoms with Gasteiger partial charge in [0.25, 0.3) is 0 Å². The quantitative estimate of drug-likeness (QED) is 0.585. The highest BCUT2D eigenvalue weighted by Gasteiger charge is 2.14. The lowest BCUT2D eigenvalue weighted by atomic mass is 10.2. The van der Waals surface area contributed by atoms with E-state index in [0.717, 1.165) is 12.1 Å². The minimum atomic E-state index is -3.02.